The van der Waals surface area contributed by atoms with E-state index in [9.17, 15) is 14.2 Å². The second-order valence-electron chi connectivity index (χ2n) is 3.90. The first-order valence-electron chi connectivity index (χ1n) is 5.54. The number of aromatic carboxylic acids is 2. The summed E-state index contributed by atoms with van der Waals surface area (Å²) >= 11 is 0. The molecule has 0 radical (unpaired) electrons. The molecule has 0 saturated heterocycles. The van der Waals surface area contributed by atoms with Gasteiger partial charge in [0.15, 0.2) is 0 Å². The standard InChI is InChI=1S/C12H15O5P/c1-3-18(17,4-2)10-6-8(11(13)14)5-9(7-10)12(15)16/h5-7H,3-4H2,1-2H3,(H,13,14)(H,15,16). The Hall–Kier alpha value is -1.61. The summed E-state index contributed by atoms with van der Waals surface area (Å²) in [5.74, 6) is -2.45. The zero-order valence-corrected chi connectivity index (χ0v) is 11.1. The second-order valence-corrected chi connectivity index (χ2v) is 7.46. The number of benzene rings is 1. The second kappa shape index (κ2) is 5.36. The highest BCUT2D eigenvalue weighted by atomic mass is 31.2. The lowest BCUT2D eigenvalue weighted by molar-refractivity contribution is 0.0696. The van der Waals surface area contributed by atoms with Crippen LogP contribution in [-0.4, -0.2) is 34.5 Å². The lowest BCUT2D eigenvalue weighted by Crippen LogP contribution is -2.15. The van der Waals surface area contributed by atoms with Crippen molar-refractivity contribution in [3.63, 3.8) is 0 Å². The van der Waals surface area contributed by atoms with Gasteiger partial charge in [0.25, 0.3) is 0 Å². The number of carbonyl (C=O) groups is 2. The molecule has 0 heterocycles. The SMILES string of the molecule is CCP(=O)(CC)c1cc(C(=O)O)cc(C(=O)O)c1. The van der Waals surface area contributed by atoms with Crippen LogP contribution in [0.3, 0.4) is 0 Å². The van der Waals surface area contributed by atoms with Crippen LogP contribution in [0.2, 0.25) is 0 Å². The molecule has 1 aromatic carbocycles. The van der Waals surface area contributed by atoms with Crippen molar-refractivity contribution in [3.05, 3.63) is 29.3 Å². The monoisotopic (exact) mass is 270 g/mol. The number of rotatable bonds is 5. The van der Waals surface area contributed by atoms with Crippen LogP contribution < -0.4 is 5.30 Å². The zero-order valence-electron chi connectivity index (χ0n) is 10.2. The van der Waals surface area contributed by atoms with Crippen LogP contribution in [0.25, 0.3) is 0 Å². The molecule has 0 unspecified atom stereocenters. The summed E-state index contributed by atoms with van der Waals surface area (Å²) < 4.78 is 12.5. The first-order valence-corrected chi connectivity index (χ1v) is 7.62. The smallest absolute Gasteiger partial charge is 0.335 e. The predicted octanol–water partition coefficient (Wildman–Crippen LogP) is 2.11. The molecule has 0 aliphatic rings. The number of carboxylic acids is 2. The van der Waals surface area contributed by atoms with Gasteiger partial charge in [0.2, 0.25) is 0 Å². The zero-order chi connectivity index (χ0) is 13.9. The first-order chi connectivity index (χ1) is 8.34. The van der Waals surface area contributed by atoms with Gasteiger partial charge in [0.05, 0.1) is 11.1 Å². The van der Waals surface area contributed by atoms with Gasteiger partial charge in [0.1, 0.15) is 7.14 Å². The van der Waals surface area contributed by atoms with E-state index < -0.39 is 19.1 Å². The maximum atomic E-state index is 12.5. The van der Waals surface area contributed by atoms with Crippen molar-refractivity contribution < 1.29 is 24.4 Å². The third-order valence-corrected chi connectivity index (χ3v) is 6.15. The van der Waals surface area contributed by atoms with E-state index in [-0.39, 0.29) is 11.1 Å². The highest BCUT2D eigenvalue weighted by Gasteiger charge is 2.23. The van der Waals surface area contributed by atoms with Gasteiger partial charge >= 0.3 is 11.9 Å². The molecule has 0 saturated carbocycles. The molecule has 5 nitrogen and oxygen atoms in total. The van der Waals surface area contributed by atoms with Crippen LogP contribution in [0, 0.1) is 0 Å². The Morgan fingerprint density at radius 2 is 1.39 bits per heavy atom. The molecule has 98 valence electrons. The van der Waals surface area contributed by atoms with Crippen molar-refractivity contribution in [1.29, 1.82) is 0 Å². The first kappa shape index (κ1) is 14.5. The maximum absolute atomic E-state index is 12.5. The summed E-state index contributed by atoms with van der Waals surface area (Å²) in [5.41, 5.74) is -0.293. The lowest BCUT2D eigenvalue weighted by Gasteiger charge is -2.15. The summed E-state index contributed by atoms with van der Waals surface area (Å²) in [6.45, 7) is 3.50. The number of carboxylic acid groups (broad SMARTS) is 2. The summed E-state index contributed by atoms with van der Waals surface area (Å²) in [6.07, 6.45) is 0.761. The van der Waals surface area contributed by atoms with Gasteiger partial charge in [-0.1, -0.05) is 13.8 Å². The fourth-order valence-electron chi connectivity index (χ4n) is 1.68. The van der Waals surface area contributed by atoms with Crippen molar-refractivity contribution in [1.82, 2.24) is 0 Å². The van der Waals surface area contributed by atoms with Crippen molar-refractivity contribution in [3.8, 4) is 0 Å². The maximum Gasteiger partial charge on any atom is 0.335 e. The van der Waals surface area contributed by atoms with Crippen LogP contribution in [-0.2, 0) is 4.57 Å². The largest absolute Gasteiger partial charge is 0.478 e. The Balaban J connectivity index is 3.49. The quantitative estimate of drug-likeness (QED) is 0.799. The average Bonchev–Trinajstić information content (AvgIpc) is 2.37. The highest BCUT2D eigenvalue weighted by Crippen LogP contribution is 2.43. The summed E-state index contributed by atoms with van der Waals surface area (Å²) in [5, 5.41) is 18.2. The third-order valence-electron chi connectivity index (χ3n) is 2.90. The lowest BCUT2D eigenvalue weighted by atomic mass is 10.1. The van der Waals surface area contributed by atoms with Crippen LogP contribution in [0.15, 0.2) is 18.2 Å². The van der Waals surface area contributed by atoms with E-state index in [1.54, 1.807) is 13.8 Å². The summed E-state index contributed by atoms with van der Waals surface area (Å²) in [6, 6.07) is 3.69. The minimum absolute atomic E-state index is 0.146. The van der Waals surface area contributed by atoms with Crippen LogP contribution in [0.5, 0.6) is 0 Å². The minimum atomic E-state index is -2.69. The Kier molecular flexibility index (Phi) is 4.30. The molecule has 0 amide bonds. The van der Waals surface area contributed by atoms with Crippen molar-refractivity contribution in [2.45, 2.75) is 13.8 Å². The van der Waals surface area contributed by atoms with Crippen LogP contribution in [0.1, 0.15) is 34.6 Å². The van der Waals surface area contributed by atoms with Gasteiger partial charge in [-0.3, -0.25) is 0 Å². The molecule has 0 aromatic heterocycles. The average molecular weight is 270 g/mol. The number of hydrogen-bond acceptors (Lipinski definition) is 3. The van der Waals surface area contributed by atoms with Crippen LogP contribution in [0.4, 0.5) is 0 Å². The van der Waals surface area contributed by atoms with Gasteiger partial charge in [0, 0.05) is 17.6 Å². The Morgan fingerprint density at radius 1 is 1.00 bits per heavy atom. The molecular weight excluding hydrogens is 255 g/mol. The van der Waals surface area contributed by atoms with E-state index in [2.05, 4.69) is 0 Å². The Morgan fingerprint density at radius 3 is 1.67 bits per heavy atom. The molecule has 0 aliphatic heterocycles. The van der Waals surface area contributed by atoms with Crippen molar-refractivity contribution >= 4 is 24.4 Å². The molecule has 2 N–H and O–H groups in total. The molecule has 0 aliphatic carbocycles. The van der Waals surface area contributed by atoms with Crippen molar-refractivity contribution in [2.75, 3.05) is 12.3 Å². The van der Waals surface area contributed by atoms with E-state index in [0.717, 1.165) is 6.07 Å². The molecular formula is C12H15O5P. The third kappa shape index (κ3) is 2.79. The van der Waals surface area contributed by atoms with Gasteiger partial charge < -0.3 is 14.8 Å². The Bertz CT molecular complexity index is 495. The van der Waals surface area contributed by atoms with E-state index in [1.165, 1.54) is 12.1 Å². The summed E-state index contributed by atoms with van der Waals surface area (Å²) in [7, 11) is -2.69. The normalized spacial score (nSPS) is 11.2. The van der Waals surface area contributed by atoms with Crippen molar-refractivity contribution in [2.24, 2.45) is 0 Å². The van der Waals surface area contributed by atoms with Gasteiger partial charge in [-0.2, -0.15) is 0 Å². The fraction of sp³-hybridized carbons (Fsp3) is 0.333. The molecule has 0 spiro atoms. The van der Waals surface area contributed by atoms with Gasteiger partial charge in [-0.15, -0.1) is 0 Å². The highest BCUT2D eigenvalue weighted by molar-refractivity contribution is 7.71. The molecule has 6 heteroatoms. The van der Waals surface area contributed by atoms with Crippen LogP contribution >= 0.6 is 7.14 Å². The van der Waals surface area contributed by atoms with Gasteiger partial charge in [-0.05, 0) is 18.2 Å². The molecule has 1 aromatic rings. The molecule has 0 bridgehead atoms. The fourth-order valence-corrected chi connectivity index (χ4v) is 3.61. The topological polar surface area (TPSA) is 91.7 Å². The molecule has 18 heavy (non-hydrogen) atoms. The van der Waals surface area contributed by atoms with E-state index in [1.807, 2.05) is 0 Å². The molecule has 1 rings (SSSR count). The van der Waals surface area contributed by atoms with E-state index in [4.69, 9.17) is 10.2 Å². The molecule has 0 fully saturated rings. The molecule has 0 atom stereocenters. The van der Waals surface area contributed by atoms with E-state index in [0.29, 0.717) is 17.6 Å². The predicted molar refractivity (Wildman–Crippen MR) is 68.7 cm³/mol. The van der Waals surface area contributed by atoms with Gasteiger partial charge in [-0.25, -0.2) is 9.59 Å². The Labute approximate surface area is 105 Å². The summed E-state index contributed by atoms with van der Waals surface area (Å²) in [4.78, 5) is 21.9. The minimum Gasteiger partial charge on any atom is -0.478 e. The number of hydrogen-bond donors (Lipinski definition) is 2. The van der Waals surface area contributed by atoms with E-state index >= 15 is 0 Å².